The Balaban J connectivity index is 0.00000128. The Labute approximate surface area is 104 Å². The van der Waals surface area contributed by atoms with E-state index >= 15 is 0 Å². The van der Waals surface area contributed by atoms with Crippen molar-refractivity contribution in [2.24, 2.45) is 0 Å². The van der Waals surface area contributed by atoms with Crippen LogP contribution < -0.4 is 5.32 Å². The van der Waals surface area contributed by atoms with E-state index in [1.807, 2.05) is 6.20 Å². The third-order valence-electron chi connectivity index (χ3n) is 3.53. The molecular weight excluding hydrogens is 222 g/mol. The van der Waals surface area contributed by atoms with Gasteiger partial charge in [-0.25, -0.2) is 0 Å². The molecule has 2 unspecified atom stereocenters. The minimum Gasteiger partial charge on any atom is -0.364 e. The van der Waals surface area contributed by atoms with Gasteiger partial charge in [-0.1, -0.05) is 0 Å². The topological polar surface area (TPSA) is 31.1 Å². The summed E-state index contributed by atoms with van der Waals surface area (Å²) in [5.74, 6) is 0. The molecule has 3 nitrogen and oxygen atoms in total. The summed E-state index contributed by atoms with van der Waals surface area (Å²) in [4.78, 5) is 5.77. The van der Waals surface area contributed by atoms with Crippen LogP contribution in [0.5, 0.6) is 0 Å². The first kappa shape index (κ1) is 13.6. The van der Waals surface area contributed by atoms with Crippen molar-refractivity contribution in [1.29, 1.82) is 0 Å². The van der Waals surface area contributed by atoms with Gasteiger partial charge in [-0.05, 0) is 45.5 Å². The molecule has 1 aliphatic rings. The van der Waals surface area contributed by atoms with Gasteiger partial charge in [-0.15, -0.1) is 12.4 Å². The highest BCUT2D eigenvalue weighted by Crippen LogP contribution is 2.21. The molecule has 16 heavy (non-hydrogen) atoms. The molecule has 2 rings (SSSR count). The zero-order valence-electron chi connectivity index (χ0n) is 10.1. The minimum atomic E-state index is 0. The third kappa shape index (κ3) is 3.00. The van der Waals surface area contributed by atoms with Crippen molar-refractivity contribution in [2.45, 2.75) is 31.8 Å². The molecule has 0 amide bonds. The van der Waals surface area contributed by atoms with Crippen LogP contribution in [0.3, 0.4) is 0 Å². The van der Waals surface area contributed by atoms with Gasteiger partial charge in [0.25, 0.3) is 0 Å². The normalized spacial score (nSPS) is 22.8. The number of hydrogen-bond donors (Lipinski definition) is 2. The number of aromatic nitrogens is 1. The van der Waals surface area contributed by atoms with Crippen LogP contribution in [0.1, 0.15) is 31.5 Å². The van der Waals surface area contributed by atoms with Crippen molar-refractivity contribution in [3.63, 3.8) is 0 Å². The number of halogens is 1. The highest BCUT2D eigenvalue weighted by molar-refractivity contribution is 5.85. The Hall–Kier alpha value is -0.510. The summed E-state index contributed by atoms with van der Waals surface area (Å²) in [5, 5.41) is 3.46. The summed E-state index contributed by atoms with van der Waals surface area (Å²) in [6.45, 7) is 4.57. The third-order valence-corrected chi connectivity index (χ3v) is 3.53. The summed E-state index contributed by atoms with van der Waals surface area (Å²) in [6.07, 6.45) is 4.61. The van der Waals surface area contributed by atoms with E-state index in [0.717, 1.165) is 6.54 Å². The molecule has 0 aromatic carbocycles. The average Bonchev–Trinajstić information content (AvgIpc) is 2.82. The first-order valence-corrected chi connectivity index (χ1v) is 5.85. The molecule has 4 heteroatoms. The number of rotatable bonds is 3. The van der Waals surface area contributed by atoms with E-state index in [9.17, 15) is 0 Å². The largest absolute Gasteiger partial charge is 0.364 e. The maximum absolute atomic E-state index is 3.46. The summed E-state index contributed by atoms with van der Waals surface area (Å²) < 4.78 is 0. The van der Waals surface area contributed by atoms with Crippen molar-refractivity contribution in [1.82, 2.24) is 15.2 Å². The Morgan fingerprint density at radius 1 is 1.50 bits per heavy atom. The van der Waals surface area contributed by atoms with E-state index in [-0.39, 0.29) is 12.4 Å². The fraction of sp³-hybridized carbons (Fsp3) is 0.667. The zero-order chi connectivity index (χ0) is 10.7. The van der Waals surface area contributed by atoms with Gasteiger partial charge in [-0.2, -0.15) is 0 Å². The first-order chi connectivity index (χ1) is 7.29. The molecule has 0 aliphatic carbocycles. The zero-order valence-corrected chi connectivity index (χ0v) is 10.9. The monoisotopic (exact) mass is 243 g/mol. The molecule has 0 saturated carbocycles. The second kappa shape index (κ2) is 6.28. The predicted molar refractivity (Wildman–Crippen MR) is 70.1 cm³/mol. The molecule has 1 fully saturated rings. The van der Waals surface area contributed by atoms with Gasteiger partial charge in [0.15, 0.2) is 0 Å². The van der Waals surface area contributed by atoms with Crippen LogP contribution in [0.2, 0.25) is 0 Å². The van der Waals surface area contributed by atoms with Crippen LogP contribution in [0.15, 0.2) is 18.3 Å². The molecule has 1 saturated heterocycles. The van der Waals surface area contributed by atoms with E-state index in [0.29, 0.717) is 12.1 Å². The molecule has 2 heterocycles. The smallest absolute Gasteiger partial charge is 0.0470 e. The molecular formula is C12H22ClN3. The van der Waals surface area contributed by atoms with Crippen LogP contribution in [0.25, 0.3) is 0 Å². The van der Waals surface area contributed by atoms with Crippen LogP contribution in [-0.2, 0) is 0 Å². The van der Waals surface area contributed by atoms with E-state index in [4.69, 9.17) is 0 Å². The summed E-state index contributed by atoms with van der Waals surface area (Å²) >= 11 is 0. The van der Waals surface area contributed by atoms with Gasteiger partial charge in [-0.3, -0.25) is 4.90 Å². The Morgan fingerprint density at radius 2 is 2.31 bits per heavy atom. The van der Waals surface area contributed by atoms with Gasteiger partial charge in [0.2, 0.25) is 0 Å². The lowest BCUT2D eigenvalue weighted by Crippen LogP contribution is -2.45. The molecule has 0 spiro atoms. The molecule has 1 aliphatic heterocycles. The van der Waals surface area contributed by atoms with Crippen molar-refractivity contribution in [2.75, 3.05) is 20.1 Å². The lowest BCUT2D eigenvalue weighted by Gasteiger charge is -2.35. The number of nitrogens with one attached hydrogen (secondary N) is 2. The predicted octanol–water partition coefficient (Wildman–Crippen LogP) is 2.18. The second-order valence-corrected chi connectivity index (χ2v) is 4.47. The van der Waals surface area contributed by atoms with Gasteiger partial charge < -0.3 is 10.3 Å². The second-order valence-electron chi connectivity index (χ2n) is 4.47. The SMILES string of the molecule is CC(c1ccc[nH]1)N(C)C1CCCNC1.Cl. The van der Waals surface area contributed by atoms with Crippen LogP contribution in [-0.4, -0.2) is 36.1 Å². The quantitative estimate of drug-likeness (QED) is 0.853. The maximum atomic E-state index is 3.46. The van der Waals surface area contributed by atoms with Crippen LogP contribution in [0.4, 0.5) is 0 Å². The number of aromatic amines is 1. The van der Waals surface area contributed by atoms with Crippen LogP contribution in [0, 0.1) is 0 Å². The molecule has 2 N–H and O–H groups in total. The summed E-state index contributed by atoms with van der Waals surface area (Å²) in [6, 6.07) is 5.39. The van der Waals surface area contributed by atoms with Crippen molar-refractivity contribution in [3.05, 3.63) is 24.0 Å². The van der Waals surface area contributed by atoms with Crippen molar-refractivity contribution in [3.8, 4) is 0 Å². The standard InChI is InChI=1S/C12H21N3.ClH/c1-10(12-6-4-8-14-12)15(2)11-5-3-7-13-9-11;/h4,6,8,10-11,13-14H,3,5,7,9H2,1-2H3;1H. The number of hydrogen-bond acceptors (Lipinski definition) is 2. The van der Waals surface area contributed by atoms with Crippen molar-refractivity contribution < 1.29 is 0 Å². The molecule has 1 aromatic heterocycles. The summed E-state index contributed by atoms with van der Waals surface area (Å²) in [5.41, 5.74) is 1.31. The number of piperidine rings is 1. The number of nitrogens with zero attached hydrogens (tertiary/aromatic N) is 1. The first-order valence-electron chi connectivity index (χ1n) is 5.85. The fourth-order valence-electron chi connectivity index (χ4n) is 2.32. The lowest BCUT2D eigenvalue weighted by atomic mass is 10.0. The van der Waals surface area contributed by atoms with Gasteiger partial charge in [0, 0.05) is 30.5 Å². The van der Waals surface area contributed by atoms with Gasteiger partial charge in [0.1, 0.15) is 0 Å². The highest BCUT2D eigenvalue weighted by Gasteiger charge is 2.22. The molecule has 0 radical (unpaired) electrons. The average molecular weight is 244 g/mol. The lowest BCUT2D eigenvalue weighted by molar-refractivity contribution is 0.154. The maximum Gasteiger partial charge on any atom is 0.0470 e. The van der Waals surface area contributed by atoms with E-state index in [1.54, 1.807) is 0 Å². The minimum absolute atomic E-state index is 0. The Kier molecular flexibility index (Phi) is 5.32. The van der Waals surface area contributed by atoms with Gasteiger partial charge >= 0.3 is 0 Å². The fourth-order valence-corrected chi connectivity index (χ4v) is 2.32. The highest BCUT2D eigenvalue weighted by atomic mass is 35.5. The van der Waals surface area contributed by atoms with E-state index in [1.165, 1.54) is 25.1 Å². The van der Waals surface area contributed by atoms with Crippen molar-refractivity contribution >= 4 is 12.4 Å². The molecule has 92 valence electrons. The Bertz CT molecular complexity index is 280. The van der Waals surface area contributed by atoms with Gasteiger partial charge in [0.05, 0.1) is 0 Å². The van der Waals surface area contributed by atoms with E-state index in [2.05, 4.69) is 41.3 Å². The molecule has 2 atom stereocenters. The Morgan fingerprint density at radius 3 is 2.88 bits per heavy atom. The number of likely N-dealkylation sites (N-methyl/N-ethyl adjacent to an activating group) is 1. The number of H-pyrrole nitrogens is 1. The molecule has 1 aromatic rings. The summed E-state index contributed by atoms with van der Waals surface area (Å²) in [7, 11) is 2.23. The van der Waals surface area contributed by atoms with Crippen LogP contribution >= 0.6 is 12.4 Å². The van der Waals surface area contributed by atoms with E-state index < -0.39 is 0 Å². The molecule has 0 bridgehead atoms.